The Balaban J connectivity index is 2.52. The van der Waals surface area contributed by atoms with Crippen LogP contribution in [-0.2, 0) is 0 Å². The number of benzene rings is 1. The van der Waals surface area contributed by atoms with E-state index in [1.165, 1.54) is 6.07 Å². The van der Waals surface area contributed by atoms with Crippen LogP contribution in [0.15, 0.2) is 30.4 Å². The third-order valence-corrected chi connectivity index (χ3v) is 2.72. The number of halogens is 2. The van der Waals surface area contributed by atoms with Gasteiger partial charge >= 0.3 is 0 Å². The van der Waals surface area contributed by atoms with Gasteiger partial charge in [0.25, 0.3) is 0 Å². The summed E-state index contributed by atoms with van der Waals surface area (Å²) < 4.78 is 25.9. The van der Waals surface area contributed by atoms with E-state index in [4.69, 9.17) is 0 Å². The molecule has 0 saturated heterocycles. The zero-order valence-electron chi connectivity index (χ0n) is 13.4. The van der Waals surface area contributed by atoms with Crippen molar-refractivity contribution in [2.45, 2.75) is 20.8 Å². The molecule has 0 atom stereocenters. The van der Waals surface area contributed by atoms with Gasteiger partial charge in [0.05, 0.1) is 6.54 Å². The highest BCUT2D eigenvalue weighted by Gasteiger charge is 2.11. The quantitative estimate of drug-likeness (QED) is 0.611. The minimum atomic E-state index is -1.01. The van der Waals surface area contributed by atoms with Crippen LogP contribution in [0.3, 0.4) is 0 Å². The van der Waals surface area contributed by atoms with Gasteiger partial charge in [-0.05, 0) is 52.1 Å². The van der Waals surface area contributed by atoms with Crippen molar-refractivity contribution in [3.05, 3.63) is 47.5 Å². The molecule has 0 amide bonds. The van der Waals surface area contributed by atoms with Gasteiger partial charge in [-0.2, -0.15) is 0 Å². The summed E-state index contributed by atoms with van der Waals surface area (Å²) in [5.41, 5.74) is 0.126. The molecule has 2 nitrogen and oxygen atoms in total. The van der Waals surface area contributed by atoms with E-state index >= 15 is 0 Å². The van der Waals surface area contributed by atoms with E-state index in [-0.39, 0.29) is 23.3 Å². The fourth-order valence-electron chi connectivity index (χ4n) is 1.62. The Kier molecular flexibility index (Phi) is 6.45. The van der Waals surface area contributed by atoms with E-state index in [1.807, 2.05) is 26.8 Å². The van der Waals surface area contributed by atoms with Crippen molar-refractivity contribution >= 4 is 5.78 Å². The molecule has 1 aromatic carbocycles. The molecule has 118 valence electrons. The molecule has 0 unspecified atom stereocenters. The maximum absolute atomic E-state index is 13.1. The number of carbonyl (C=O) groups is 1. The molecule has 0 aromatic heterocycles. The third-order valence-electron chi connectivity index (χ3n) is 2.72. The second kappa shape index (κ2) is 7.86. The summed E-state index contributed by atoms with van der Waals surface area (Å²) in [5, 5.41) is 0. The predicted octanol–water partition coefficient (Wildman–Crippen LogP) is 3.69. The van der Waals surface area contributed by atoms with E-state index in [0.29, 0.717) is 6.54 Å². The molecular weight excluding hydrogens is 284 g/mol. The van der Waals surface area contributed by atoms with Gasteiger partial charge < -0.3 is 0 Å². The summed E-state index contributed by atoms with van der Waals surface area (Å²) in [6, 6.07) is 3.18. The first-order valence-corrected chi connectivity index (χ1v) is 7.03. The van der Waals surface area contributed by atoms with Crippen molar-refractivity contribution in [2.24, 2.45) is 5.41 Å². The van der Waals surface area contributed by atoms with Crippen LogP contribution in [0.2, 0.25) is 0 Å². The van der Waals surface area contributed by atoms with Crippen LogP contribution < -0.4 is 0 Å². The molecule has 0 heterocycles. The van der Waals surface area contributed by atoms with Crippen LogP contribution in [0.5, 0.6) is 0 Å². The Labute approximate surface area is 130 Å². The fraction of sp³-hybridized carbons (Fsp3) is 0.389. The number of allylic oxidation sites excluding steroid dienone is 1. The summed E-state index contributed by atoms with van der Waals surface area (Å²) >= 11 is 0. The Morgan fingerprint density at radius 1 is 1.27 bits per heavy atom. The van der Waals surface area contributed by atoms with Gasteiger partial charge in [-0.1, -0.05) is 17.9 Å². The number of hydrogen-bond acceptors (Lipinski definition) is 2. The summed E-state index contributed by atoms with van der Waals surface area (Å²) in [7, 11) is 1.78. The molecule has 22 heavy (non-hydrogen) atoms. The average molecular weight is 305 g/mol. The maximum atomic E-state index is 13.1. The molecule has 0 radical (unpaired) electrons. The topological polar surface area (TPSA) is 20.3 Å². The van der Waals surface area contributed by atoms with Gasteiger partial charge in [-0.15, -0.1) is 0 Å². The van der Waals surface area contributed by atoms with Gasteiger partial charge in [-0.25, -0.2) is 8.78 Å². The molecule has 1 rings (SSSR count). The number of hydrogen-bond donors (Lipinski definition) is 0. The molecule has 0 aliphatic heterocycles. The Bertz CT molecular complexity index is 618. The number of ketones is 1. The van der Waals surface area contributed by atoms with Crippen molar-refractivity contribution in [2.75, 3.05) is 20.1 Å². The fourth-order valence-corrected chi connectivity index (χ4v) is 1.62. The van der Waals surface area contributed by atoms with Gasteiger partial charge in [0.2, 0.25) is 0 Å². The minimum Gasteiger partial charge on any atom is -0.295 e. The molecular formula is C18H21F2NO. The normalized spacial score (nSPS) is 11.6. The predicted molar refractivity (Wildman–Crippen MR) is 84.6 cm³/mol. The van der Waals surface area contributed by atoms with Gasteiger partial charge in [0, 0.05) is 17.5 Å². The highest BCUT2D eigenvalue weighted by Crippen LogP contribution is 2.10. The number of nitrogens with zero attached hydrogens (tertiary/aromatic N) is 1. The van der Waals surface area contributed by atoms with Crippen LogP contribution >= 0.6 is 0 Å². The Morgan fingerprint density at radius 3 is 2.55 bits per heavy atom. The highest BCUT2D eigenvalue weighted by atomic mass is 19.2. The molecule has 0 aliphatic carbocycles. The lowest BCUT2D eigenvalue weighted by atomic mass is 9.98. The molecule has 0 fully saturated rings. The first-order chi connectivity index (χ1) is 10.2. The van der Waals surface area contributed by atoms with Crippen molar-refractivity contribution in [1.29, 1.82) is 0 Å². The van der Waals surface area contributed by atoms with Gasteiger partial charge in [0.15, 0.2) is 17.4 Å². The molecule has 0 bridgehead atoms. The Morgan fingerprint density at radius 2 is 1.95 bits per heavy atom. The molecule has 1 aromatic rings. The van der Waals surface area contributed by atoms with Crippen molar-refractivity contribution in [3.63, 3.8) is 0 Å². The standard InChI is InChI=1S/C18H21F2NO/c1-18(2,3)10-6-5-7-11-21(4)13-17(22)14-8-9-15(19)16(20)12-14/h5,7-9,12H,11,13H2,1-4H3/b7-5+. The molecule has 0 N–H and O–H groups in total. The van der Waals surface area contributed by atoms with E-state index < -0.39 is 11.6 Å². The van der Waals surface area contributed by atoms with Crippen LogP contribution in [0.4, 0.5) is 8.78 Å². The SMILES string of the molecule is CN(C/C=C/C#CC(C)(C)C)CC(=O)c1ccc(F)c(F)c1. The lowest BCUT2D eigenvalue weighted by Crippen LogP contribution is -2.26. The smallest absolute Gasteiger partial charge is 0.176 e. The second-order valence-electron chi connectivity index (χ2n) is 6.17. The summed E-state index contributed by atoms with van der Waals surface area (Å²) in [6.07, 6.45) is 3.61. The monoisotopic (exact) mass is 305 g/mol. The average Bonchev–Trinajstić information content (AvgIpc) is 2.40. The van der Waals surface area contributed by atoms with Crippen LogP contribution in [0.1, 0.15) is 31.1 Å². The van der Waals surface area contributed by atoms with E-state index in [0.717, 1.165) is 12.1 Å². The highest BCUT2D eigenvalue weighted by molar-refractivity contribution is 5.97. The molecule has 4 heteroatoms. The van der Waals surface area contributed by atoms with E-state index in [9.17, 15) is 13.6 Å². The Hall–Kier alpha value is -1.99. The lowest BCUT2D eigenvalue weighted by molar-refractivity contribution is 0.0951. The van der Waals surface area contributed by atoms with Crippen molar-refractivity contribution < 1.29 is 13.6 Å². The van der Waals surface area contributed by atoms with Crippen molar-refractivity contribution in [1.82, 2.24) is 4.90 Å². The van der Waals surface area contributed by atoms with E-state index in [1.54, 1.807) is 18.0 Å². The van der Waals surface area contributed by atoms with Gasteiger partial charge in [-0.3, -0.25) is 9.69 Å². The third kappa shape index (κ3) is 6.64. The zero-order chi connectivity index (χ0) is 16.8. The molecule has 0 aliphatic rings. The van der Waals surface area contributed by atoms with E-state index in [2.05, 4.69) is 11.8 Å². The number of rotatable bonds is 5. The number of Topliss-reactive ketones (excluding diaryl/α,β-unsaturated/α-hetero) is 1. The number of carbonyl (C=O) groups excluding carboxylic acids is 1. The summed E-state index contributed by atoms with van der Waals surface area (Å²) in [4.78, 5) is 13.7. The molecule has 0 spiro atoms. The first-order valence-electron chi connectivity index (χ1n) is 7.03. The van der Waals surface area contributed by atoms with Crippen LogP contribution in [0.25, 0.3) is 0 Å². The lowest BCUT2D eigenvalue weighted by Gasteiger charge is -2.13. The first kappa shape index (κ1) is 18.1. The molecule has 0 saturated carbocycles. The summed E-state index contributed by atoms with van der Waals surface area (Å²) in [5.74, 6) is 3.80. The maximum Gasteiger partial charge on any atom is 0.176 e. The number of likely N-dealkylation sites (N-methyl/N-ethyl adjacent to an activating group) is 1. The van der Waals surface area contributed by atoms with Crippen LogP contribution in [-0.4, -0.2) is 30.8 Å². The van der Waals surface area contributed by atoms with Crippen molar-refractivity contribution in [3.8, 4) is 11.8 Å². The minimum absolute atomic E-state index is 0.0428. The van der Waals surface area contributed by atoms with Gasteiger partial charge in [0.1, 0.15) is 0 Å². The second-order valence-corrected chi connectivity index (χ2v) is 6.17. The zero-order valence-corrected chi connectivity index (χ0v) is 13.4. The summed E-state index contributed by atoms with van der Waals surface area (Å²) in [6.45, 7) is 6.76. The van der Waals surface area contributed by atoms with Crippen LogP contribution in [0, 0.1) is 28.9 Å². The largest absolute Gasteiger partial charge is 0.295 e.